The minimum absolute atomic E-state index is 0.0382. The number of halogens is 1. The van der Waals surface area contributed by atoms with Crippen LogP contribution in [0.4, 0.5) is 0 Å². The van der Waals surface area contributed by atoms with Gasteiger partial charge in [0.05, 0.1) is 9.69 Å². The van der Waals surface area contributed by atoms with Gasteiger partial charge in [-0.25, -0.2) is 0 Å². The monoisotopic (exact) mass is 254 g/mol. The van der Waals surface area contributed by atoms with Crippen molar-refractivity contribution < 1.29 is 5.11 Å². The second kappa shape index (κ2) is 3.24. The Kier molecular flexibility index (Phi) is 2.22. The summed E-state index contributed by atoms with van der Waals surface area (Å²) in [5.74, 6) is 0.190. The average Bonchev–Trinajstić information content (AvgIpc) is 2.15. The molecule has 0 saturated heterocycles. The van der Waals surface area contributed by atoms with Crippen molar-refractivity contribution in [2.45, 2.75) is 4.83 Å². The topological polar surface area (TPSA) is 20.2 Å². The molecule has 1 unspecified atom stereocenters. The second-order valence-electron chi connectivity index (χ2n) is 2.89. The van der Waals surface area contributed by atoms with Crippen molar-refractivity contribution in [1.29, 1.82) is 0 Å². The fourth-order valence-electron chi connectivity index (χ4n) is 1.36. The van der Waals surface area contributed by atoms with Gasteiger partial charge >= 0.3 is 0 Å². The van der Waals surface area contributed by atoms with Crippen molar-refractivity contribution in [2.24, 2.45) is 0 Å². The van der Waals surface area contributed by atoms with E-state index in [0.717, 1.165) is 11.1 Å². The van der Waals surface area contributed by atoms with Gasteiger partial charge in [0.1, 0.15) is 5.76 Å². The van der Waals surface area contributed by atoms with Gasteiger partial charge in [0.2, 0.25) is 0 Å². The Hall–Kier alpha value is -0.670. The molecule has 0 heterocycles. The van der Waals surface area contributed by atoms with Gasteiger partial charge in [-0.3, -0.25) is 0 Å². The number of benzene rings is 1. The van der Waals surface area contributed by atoms with E-state index in [9.17, 15) is 5.11 Å². The molecule has 1 aromatic carbocycles. The SMILES string of the molecule is OC1=Cc2ccccc2C(Br)C1=S. The van der Waals surface area contributed by atoms with Crippen molar-refractivity contribution in [3.05, 3.63) is 41.2 Å². The first-order valence-electron chi connectivity index (χ1n) is 3.88. The molecule has 0 bridgehead atoms. The summed E-state index contributed by atoms with van der Waals surface area (Å²) in [5.41, 5.74) is 2.14. The summed E-state index contributed by atoms with van der Waals surface area (Å²) < 4.78 is 0. The van der Waals surface area contributed by atoms with Crippen molar-refractivity contribution >= 4 is 39.1 Å². The molecule has 2 rings (SSSR count). The molecule has 1 N–H and O–H groups in total. The van der Waals surface area contributed by atoms with E-state index in [1.807, 2.05) is 24.3 Å². The molecule has 0 aromatic heterocycles. The lowest BCUT2D eigenvalue weighted by molar-refractivity contribution is 0.447. The van der Waals surface area contributed by atoms with Gasteiger partial charge < -0.3 is 5.11 Å². The number of aliphatic hydroxyl groups is 1. The van der Waals surface area contributed by atoms with Crippen molar-refractivity contribution in [3.63, 3.8) is 0 Å². The fraction of sp³-hybridized carbons (Fsp3) is 0.100. The summed E-state index contributed by atoms with van der Waals surface area (Å²) in [6, 6.07) is 7.87. The van der Waals surface area contributed by atoms with Crippen molar-refractivity contribution in [2.75, 3.05) is 0 Å². The molecule has 1 aromatic rings. The van der Waals surface area contributed by atoms with Gasteiger partial charge in [-0.15, -0.1) is 0 Å². The zero-order valence-electron chi connectivity index (χ0n) is 6.70. The first-order chi connectivity index (χ1) is 6.20. The molecule has 0 fully saturated rings. The van der Waals surface area contributed by atoms with Crippen LogP contribution in [0, 0.1) is 0 Å². The van der Waals surface area contributed by atoms with Crippen LogP contribution in [0.15, 0.2) is 30.0 Å². The van der Waals surface area contributed by atoms with Crippen LogP contribution in [-0.2, 0) is 0 Å². The molecule has 0 amide bonds. The van der Waals surface area contributed by atoms with Crippen molar-refractivity contribution in [1.82, 2.24) is 0 Å². The lowest BCUT2D eigenvalue weighted by Gasteiger charge is -2.19. The van der Waals surface area contributed by atoms with Crippen LogP contribution >= 0.6 is 28.1 Å². The first-order valence-corrected chi connectivity index (χ1v) is 5.20. The Morgan fingerprint density at radius 1 is 1.31 bits per heavy atom. The molecule has 0 saturated carbocycles. The van der Waals surface area contributed by atoms with Gasteiger partial charge in [-0.05, 0) is 17.2 Å². The van der Waals surface area contributed by atoms with E-state index in [-0.39, 0.29) is 10.6 Å². The van der Waals surface area contributed by atoms with Crippen LogP contribution < -0.4 is 0 Å². The summed E-state index contributed by atoms with van der Waals surface area (Å²) >= 11 is 8.51. The number of alkyl halides is 1. The lowest BCUT2D eigenvalue weighted by Crippen LogP contribution is -2.12. The predicted molar refractivity (Wildman–Crippen MR) is 61.3 cm³/mol. The molecule has 0 aliphatic heterocycles. The van der Waals surface area contributed by atoms with E-state index in [1.54, 1.807) is 6.08 Å². The molecule has 1 aliphatic carbocycles. The maximum atomic E-state index is 9.48. The number of fused-ring (bicyclic) bond motifs is 1. The van der Waals surface area contributed by atoms with E-state index in [1.165, 1.54) is 0 Å². The summed E-state index contributed by atoms with van der Waals surface area (Å²) in [7, 11) is 0. The Bertz CT molecular complexity index is 398. The molecular formula is C10H7BrOS. The van der Waals surface area contributed by atoms with Gasteiger partial charge in [0, 0.05) is 0 Å². The van der Waals surface area contributed by atoms with Crippen LogP contribution in [0.25, 0.3) is 6.08 Å². The largest absolute Gasteiger partial charge is 0.507 e. The van der Waals surface area contributed by atoms with Crippen LogP contribution in [0.5, 0.6) is 0 Å². The van der Waals surface area contributed by atoms with E-state index in [0.29, 0.717) is 4.86 Å². The van der Waals surface area contributed by atoms with Gasteiger partial charge in [0.25, 0.3) is 0 Å². The minimum atomic E-state index is -0.0382. The third-order valence-electron chi connectivity index (χ3n) is 2.04. The lowest BCUT2D eigenvalue weighted by atomic mass is 9.96. The number of aliphatic hydroxyl groups excluding tert-OH is 1. The van der Waals surface area contributed by atoms with Gasteiger partial charge in [0.15, 0.2) is 0 Å². The number of hydrogen-bond acceptors (Lipinski definition) is 2. The summed E-state index contributed by atoms with van der Waals surface area (Å²) in [6.07, 6.45) is 1.70. The molecule has 13 heavy (non-hydrogen) atoms. The number of rotatable bonds is 0. The summed E-state index contributed by atoms with van der Waals surface area (Å²) in [5, 5.41) is 9.48. The zero-order chi connectivity index (χ0) is 9.42. The normalized spacial score (nSPS) is 20.8. The number of hydrogen-bond donors (Lipinski definition) is 1. The standard InChI is InChI=1S/C10H7BrOS/c11-9-7-4-2-1-3-6(7)5-8(12)10(9)13/h1-5,9,12H. The Balaban J connectivity index is 2.63. The molecule has 1 aliphatic rings. The third-order valence-corrected chi connectivity index (χ3v) is 3.74. The minimum Gasteiger partial charge on any atom is -0.507 e. The fourth-order valence-corrected chi connectivity index (χ4v) is 2.20. The Morgan fingerprint density at radius 2 is 2.00 bits per heavy atom. The second-order valence-corrected chi connectivity index (χ2v) is 4.24. The van der Waals surface area contributed by atoms with Crippen LogP contribution in [0.2, 0.25) is 0 Å². The van der Waals surface area contributed by atoms with Gasteiger partial charge in [-0.1, -0.05) is 52.4 Å². The highest BCUT2D eigenvalue weighted by molar-refractivity contribution is 9.09. The van der Waals surface area contributed by atoms with Gasteiger partial charge in [-0.2, -0.15) is 0 Å². The molecule has 1 nitrogen and oxygen atoms in total. The maximum absolute atomic E-state index is 9.48. The zero-order valence-corrected chi connectivity index (χ0v) is 9.10. The number of thiocarbonyl (C=S) groups is 1. The molecule has 66 valence electrons. The molecule has 0 radical (unpaired) electrons. The predicted octanol–water partition coefficient (Wildman–Crippen LogP) is 3.41. The highest BCUT2D eigenvalue weighted by Gasteiger charge is 2.23. The first kappa shape index (κ1) is 8.91. The van der Waals surface area contributed by atoms with Crippen LogP contribution in [0.3, 0.4) is 0 Å². The van der Waals surface area contributed by atoms with E-state index in [2.05, 4.69) is 15.9 Å². The van der Waals surface area contributed by atoms with Crippen molar-refractivity contribution in [3.8, 4) is 0 Å². The molecular weight excluding hydrogens is 248 g/mol. The highest BCUT2D eigenvalue weighted by Crippen LogP contribution is 2.34. The summed E-state index contributed by atoms with van der Waals surface area (Å²) in [6.45, 7) is 0. The van der Waals surface area contributed by atoms with E-state index >= 15 is 0 Å². The van der Waals surface area contributed by atoms with Crippen LogP contribution in [0.1, 0.15) is 16.0 Å². The summed E-state index contributed by atoms with van der Waals surface area (Å²) in [4.78, 5) is 0.516. The Morgan fingerprint density at radius 3 is 2.77 bits per heavy atom. The average molecular weight is 255 g/mol. The number of allylic oxidation sites excluding steroid dienone is 1. The van der Waals surface area contributed by atoms with E-state index in [4.69, 9.17) is 12.2 Å². The quantitative estimate of drug-likeness (QED) is 0.566. The smallest absolute Gasteiger partial charge is 0.131 e. The Labute approximate surface area is 90.2 Å². The highest BCUT2D eigenvalue weighted by atomic mass is 79.9. The van der Waals surface area contributed by atoms with E-state index < -0.39 is 0 Å². The maximum Gasteiger partial charge on any atom is 0.131 e. The molecule has 3 heteroatoms. The van der Waals surface area contributed by atoms with Crippen LogP contribution in [-0.4, -0.2) is 9.97 Å². The molecule has 0 spiro atoms. The third kappa shape index (κ3) is 1.42. The molecule has 1 atom stereocenters.